The topological polar surface area (TPSA) is 171 Å². The molecule has 32 heavy (non-hydrogen) atoms. The van der Waals surface area contributed by atoms with Crippen LogP contribution in [0.1, 0.15) is 23.8 Å². The van der Waals surface area contributed by atoms with Gasteiger partial charge in [-0.05, 0) is 19.4 Å². The summed E-state index contributed by atoms with van der Waals surface area (Å²) in [5, 5.41) is 21.4. The quantitative estimate of drug-likeness (QED) is 0.306. The molecule has 1 fully saturated rings. The molecule has 3 rings (SSSR count). The van der Waals surface area contributed by atoms with Crippen molar-refractivity contribution in [3.05, 3.63) is 71.5 Å². The van der Waals surface area contributed by atoms with Crippen molar-refractivity contribution in [1.82, 2.24) is 9.55 Å². The fourth-order valence-corrected chi connectivity index (χ4v) is 4.44. The van der Waals surface area contributed by atoms with Gasteiger partial charge in [0.1, 0.15) is 12.3 Å². The number of aryl methyl sites for hydroxylation is 1. The number of aromatic amines is 1. The summed E-state index contributed by atoms with van der Waals surface area (Å²) >= 11 is 5.97. The third-order valence-electron chi connectivity index (χ3n) is 4.97. The van der Waals surface area contributed by atoms with E-state index < -0.39 is 57.1 Å². The minimum atomic E-state index is -4.14. The van der Waals surface area contributed by atoms with Gasteiger partial charge in [0.25, 0.3) is 21.4 Å². The van der Waals surface area contributed by atoms with E-state index in [-0.39, 0.29) is 34.7 Å². The third kappa shape index (κ3) is 5.42. The molecule has 14 heteroatoms. The molecule has 0 bridgehead atoms. The first-order chi connectivity index (χ1) is 15.0. The monoisotopic (exact) mass is 489 g/mol. The Balaban J connectivity index is 1.63. The first-order valence-electron chi connectivity index (χ1n) is 9.43. The maximum atomic E-state index is 12.3. The third-order valence-corrected chi connectivity index (χ3v) is 6.52. The van der Waals surface area contributed by atoms with E-state index in [2.05, 4.69) is 4.98 Å². The Morgan fingerprint density at radius 2 is 2.12 bits per heavy atom. The zero-order valence-corrected chi connectivity index (χ0v) is 18.3. The van der Waals surface area contributed by atoms with Crippen molar-refractivity contribution in [2.75, 3.05) is 12.4 Å². The number of hydrogen-bond donors (Lipinski definition) is 2. The summed E-state index contributed by atoms with van der Waals surface area (Å²) in [5.41, 5.74) is -1.25. The molecule has 1 saturated heterocycles. The molecule has 12 nitrogen and oxygen atoms in total. The molecular formula is C18H20ClN3O9S. The number of H-pyrrole nitrogens is 1. The summed E-state index contributed by atoms with van der Waals surface area (Å²) in [6.07, 6.45) is -2.08. The number of halogens is 1. The van der Waals surface area contributed by atoms with E-state index in [0.29, 0.717) is 0 Å². The number of nitrogens with one attached hydrogen (secondary N) is 1. The highest BCUT2D eigenvalue weighted by atomic mass is 35.5. The molecule has 0 spiro atoms. The van der Waals surface area contributed by atoms with Crippen molar-refractivity contribution in [2.24, 2.45) is 0 Å². The van der Waals surface area contributed by atoms with Crippen LogP contribution < -0.4 is 11.2 Å². The van der Waals surface area contributed by atoms with Gasteiger partial charge in [0.2, 0.25) is 0 Å². The molecule has 2 heterocycles. The van der Waals surface area contributed by atoms with Gasteiger partial charge in [0, 0.05) is 29.8 Å². The second kappa shape index (κ2) is 9.50. The van der Waals surface area contributed by atoms with Crippen LogP contribution >= 0.6 is 11.6 Å². The van der Waals surface area contributed by atoms with E-state index in [4.69, 9.17) is 20.5 Å². The summed E-state index contributed by atoms with van der Waals surface area (Å²) in [5.74, 6) is -0.581. The van der Waals surface area contributed by atoms with Gasteiger partial charge in [-0.15, -0.1) is 0 Å². The van der Waals surface area contributed by atoms with Gasteiger partial charge in [0.05, 0.1) is 28.4 Å². The van der Waals surface area contributed by atoms with Crippen LogP contribution in [0.15, 0.2) is 34.0 Å². The Morgan fingerprint density at radius 3 is 2.81 bits per heavy atom. The van der Waals surface area contributed by atoms with Gasteiger partial charge in [-0.3, -0.25) is 28.6 Å². The lowest BCUT2D eigenvalue weighted by Gasteiger charge is -2.16. The average molecular weight is 490 g/mol. The van der Waals surface area contributed by atoms with Crippen LogP contribution in [-0.4, -0.2) is 52.6 Å². The van der Waals surface area contributed by atoms with Crippen LogP contribution in [0.25, 0.3) is 0 Å². The Morgan fingerprint density at radius 1 is 1.41 bits per heavy atom. The van der Waals surface area contributed by atoms with Crippen molar-refractivity contribution < 1.29 is 27.4 Å². The van der Waals surface area contributed by atoms with Gasteiger partial charge < -0.3 is 9.84 Å². The largest absolute Gasteiger partial charge is 0.390 e. The number of aliphatic hydroxyl groups excluding tert-OH is 1. The molecule has 0 saturated carbocycles. The van der Waals surface area contributed by atoms with E-state index >= 15 is 0 Å². The van der Waals surface area contributed by atoms with E-state index in [1.54, 1.807) is 0 Å². The Hall–Kier alpha value is -2.58. The molecule has 1 aromatic heterocycles. The molecule has 1 aliphatic heterocycles. The van der Waals surface area contributed by atoms with Crippen molar-refractivity contribution >= 4 is 27.4 Å². The maximum Gasteiger partial charge on any atom is 0.330 e. The predicted molar refractivity (Wildman–Crippen MR) is 112 cm³/mol. The number of benzene rings is 1. The van der Waals surface area contributed by atoms with Crippen LogP contribution in [0.3, 0.4) is 0 Å². The average Bonchev–Trinajstić information content (AvgIpc) is 3.08. The molecule has 0 radical (unpaired) electrons. The second-order valence-corrected chi connectivity index (χ2v) is 9.37. The first kappa shape index (κ1) is 24.1. The smallest absolute Gasteiger partial charge is 0.330 e. The number of nitrogens with zero attached hydrogens (tertiary/aromatic N) is 2. The minimum absolute atomic E-state index is 0.0225. The van der Waals surface area contributed by atoms with E-state index in [0.717, 1.165) is 4.57 Å². The standard InChI is InChI=1S/C18H20ClN3O9S/c1-10-8-21(18(25)20-17(10)24)16-7-14(23)15(31-16)9-30-32(28,29)6-5-11-12(19)3-2-4-13(11)22(26)27/h2-4,8,14-16,23H,5-7,9H2,1H3,(H,20,24,25)/t14-,15+,16+/m0/s1. The molecule has 0 amide bonds. The van der Waals surface area contributed by atoms with Gasteiger partial charge >= 0.3 is 5.69 Å². The lowest BCUT2D eigenvalue weighted by atomic mass is 10.1. The fraction of sp³-hybridized carbons (Fsp3) is 0.444. The highest BCUT2D eigenvalue weighted by Crippen LogP contribution is 2.29. The lowest BCUT2D eigenvalue weighted by molar-refractivity contribution is -0.385. The lowest BCUT2D eigenvalue weighted by Crippen LogP contribution is -2.33. The van der Waals surface area contributed by atoms with Crippen LogP contribution in [0.5, 0.6) is 0 Å². The van der Waals surface area contributed by atoms with Crippen molar-refractivity contribution in [3.63, 3.8) is 0 Å². The summed E-state index contributed by atoms with van der Waals surface area (Å²) in [7, 11) is -4.14. The van der Waals surface area contributed by atoms with Crippen molar-refractivity contribution in [1.29, 1.82) is 0 Å². The minimum Gasteiger partial charge on any atom is -0.390 e. The number of rotatable bonds is 8. The Kier molecular flexibility index (Phi) is 7.15. The number of nitro groups is 1. The van der Waals surface area contributed by atoms with Gasteiger partial charge in [-0.1, -0.05) is 17.7 Å². The highest BCUT2D eigenvalue weighted by Gasteiger charge is 2.36. The maximum absolute atomic E-state index is 12.3. The SMILES string of the molecule is Cc1cn([C@H]2C[C@H](O)[C@@H](COS(=O)(=O)CCc3c(Cl)cccc3[N+](=O)[O-])O2)c(=O)[nH]c1=O. The molecular weight excluding hydrogens is 470 g/mol. The number of aromatic nitrogens is 2. The van der Waals surface area contributed by atoms with Gasteiger partial charge in [-0.25, -0.2) is 4.79 Å². The van der Waals surface area contributed by atoms with Crippen LogP contribution in [0.2, 0.25) is 5.02 Å². The summed E-state index contributed by atoms with van der Waals surface area (Å²) in [6, 6.07) is 4.03. The number of hydrogen-bond acceptors (Lipinski definition) is 9. The molecule has 1 aliphatic rings. The zero-order valence-electron chi connectivity index (χ0n) is 16.8. The Labute approximate surface area is 186 Å². The van der Waals surface area contributed by atoms with Crippen molar-refractivity contribution in [3.8, 4) is 0 Å². The van der Waals surface area contributed by atoms with Gasteiger partial charge in [0.15, 0.2) is 0 Å². The Bertz CT molecular complexity index is 1240. The second-order valence-electron chi connectivity index (χ2n) is 7.20. The number of aliphatic hydroxyl groups is 1. The number of ether oxygens (including phenoxy) is 1. The van der Waals surface area contributed by atoms with Crippen LogP contribution in [0, 0.1) is 17.0 Å². The highest BCUT2D eigenvalue weighted by molar-refractivity contribution is 7.86. The van der Waals surface area contributed by atoms with E-state index in [9.17, 15) is 33.2 Å². The van der Waals surface area contributed by atoms with E-state index in [1.807, 2.05) is 0 Å². The van der Waals surface area contributed by atoms with Crippen LogP contribution in [-0.2, 0) is 25.5 Å². The molecule has 0 aliphatic carbocycles. The zero-order chi connectivity index (χ0) is 23.6. The molecule has 3 atom stereocenters. The molecule has 174 valence electrons. The summed E-state index contributed by atoms with van der Waals surface area (Å²) in [6.45, 7) is 0.971. The van der Waals surface area contributed by atoms with Crippen molar-refractivity contribution in [2.45, 2.75) is 38.2 Å². The molecule has 2 N–H and O–H groups in total. The van der Waals surface area contributed by atoms with E-state index in [1.165, 1.54) is 31.3 Å². The van der Waals surface area contributed by atoms with Gasteiger partial charge in [-0.2, -0.15) is 8.42 Å². The molecule has 2 aromatic rings. The fourth-order valence-electron chi connectivity index (χ4n) is 3.26. The molecule has 0 unspecified atom stereocenters. The summed E-state index contributed by atoms with van der Waals surface area (Å²) < 4.78 is 36.1. The number of nitro benzene ring substituents is 1. The van der Waals surface area contributed by atoms with Crippen LogP contribution in [0.4, 0.5) is 5.69 Å². The molecule has 1 aromatic carbocycles. The summed E-state index contributed by atoms with van der Waals surface area (Å²) in [4.78, 5) is 36.1. The first-order valence-corrected chi connectivity index (χ1v) is 11.4. The predicted octanol–water partition coefficient (Wildman–Crippen LogP) is 0.644. The normalized spacial score (nSPS) is 21.0.